The lowest BCUT2D eigenvalue weighted by Gasteiger charge is -2.20. The Morgan fingerprint density at radius 1 is 1.56 bits per heavy atom. The molecule has 1 aromatic rings. The minimum absolute atomic E-state index is 0.186. The maximum Gasteiger partial charge on any atom is 0.411 e. The van der Waals surface area contributed by atoms with Gasteiger partial charge in [0.05, 0.1) is 0 Å². The third-order valence-electron chi connectivity index (χ3n) is 2.47. The van der Waals surface area contributed by atoms with Gasteiger partial charge in [-0.25, -0.2) is 4.79 Å². The lowest BCUT2D eigenvalue weighted by molar-refractivity contribution is 0.120. The third-order valence-corrected chi connectivity index (χ3v) is 2.69. The van der Waals surface area contributed by atoms with Crippen molar-refractivity contribution in [2.45, 2.75) is 12.5 Å². The predicted octanol–water partition coefficient (Wildman–Crippen LogP) is 1.90. The number of hydrogen-bond donors (Lipinski definition) is 2. The van der Waals surface area contributed by atoms with Gasteiger partial charge in [-0.3, -0.25) is 5.32 Å². The van der Waals surface area contributed by atoms with Gasteiger partial charge in [-0.15, -0.1) is 0 Å². The molecular weight excluding hydrogens is 252 g/mol. The van der Waals surface area contributed by atoms with Crippen molar-refractivity contribution in [3.63, 3.8) is 0 Å². The van der Waals surface area contributed by atoms with Crippen molar-refractivity contribution in [1.82, 2.24) is 5.32 Å². The zero-order valence-electron chi connectivity index (χ0n) is 9.93. The highest BCUT2D eigenvalue weighted by atomic mass is 32.1. The molecule has 0 aromatic heterocycles. The normalized spacial score (nSPS) is 21.9. The van der Waals surface area contributed by atoms with Gasteiger partial charge < -0.3 is 14.8 Å². The van der Waals surface area contributed by atoms with E-state index in [1.165, 1.54) is 0 Å². The van der Waals surface area contributed by atoms with Crippen LogP contribution < -0.4 is 10.6 Å². The van der Waals surface area contributed by atoms with Crippen LogP contribution in [-0.4, -0.2) is 30.0 Å². The fourth-order valence-electron chi connectivity index (χ4n) is 1.52. The molecular formula is C12H14N2O3S. The summed E-state index contributed by atoms with van der Waals surface area (Å²) in [4.78, 5) is 11.6. The third kappa shape index (κ3) is 3.33. The Bertz CT molecular complexity index is 452. The predicted molar refractivity (Wildman–Crippen MR) is 71.5 cm³/mol. The molecule has 0 aliphatic carbocycles. The summed E-state index contributed by atoms with van der Waals surface area (Å²) < 4.78 is 10.3. The van der Waals surface area contributed by atoms with Crippen molar-refractivity contribution in [2.75, 3.05) is 18.5 Å². The number of carbonyl (C=O) groups excluding carboxylic acids is 1. The fourth-order valence-corrected chi connectivity index (χ4v) is 1.83. The number of ether oxygens (including phenoxy) is 2. The molecule has 1 aliphatic heterocycles. The zero-order valence-corrected chi connectivity index (χ0v) is 10.8. The molecule has 1 saturated heterocycles. The molecule has 1 unspecified atom stereocenters. The van der Waals surface area contributed by atoms with E-state index in [0.29, 0.717) is 17.5 Å². The monoisotopic (exact) mass is 266 g/mol. The Balaban J connectivity index is 1.80. The Kier molecular flexibility index (Phi) is 3.66. The van der Waals surface area contributed by atoms with Gasteiger partial charge >= 0.3 is 6.09 Å². The SMILES string of the molecule is CC1(COC(=O)Nc2ccccc2)COC(=S)N1. The van der Waals surface area contributed by atoms with Gasteiger partial charge in [0.25, 0.3) is 5.17 Å². The molecule has 5 nitrogen and oxygen atoms in total. The molecule has 0 saturated carbocycles. The lowest BCUT2D eigenvalue weighted by atomic mass is 10.1. The molecule has 1 aliphatic rings. The summed E-state index contributed by atoms with van der Waals surface area (Å²) in [6.07, 6.45) is -0.498. The number of hydrogen-bond acceptors (Lipinski definition) is 4. The number of anilines is 1. The van der Waals surface area contributed by atoms with Crippen LogP contribution in [0.2, 0.25) is 0 Å². The van der Waals surface area contributed by atoms with Crippen LogP contribution in [0.4, 0.5) is 10.5 Å². The van der Waals surface area contributed by atoms with Crippen LogP contribution in [0, 0.1) is 0 Å². The van der Waals surface area contributed by atoms with E-state index in [1.54, 1.807) is 12.1 Å². The maximum atomic E-state index is 11.6. The highest BCUT2D eigenvalue weighted by Crippen LogP contribution is 2.13. The van der Waals surface area contributed by atoms with E-state index in [4.69, 9.17) is 21.7 Å². The number of amides is 1. The Labute approximate surface area is 110 Å². The van der Waals surface area contributed by atoms with Crippen LogP contribution in [0.15, 0.2) is 30.3 Å². The molecule has 0 radical (unpaired) electrons. The first-order valence-corrected chi connectivity index (χ1v) is 5.92. The average molecular weight is 266 g/mol. The van der Waals surface area contributed by atoms with Crippen molar-refractivity contribution < 1.29 is 14.3 Å². The van der Waals surface area contributed by atoms with Gasteiger partial charge in [0, 0.05) is 5.69 Å². The topological polar surface area (TPSA) is 59.6 Å². The second-order valence-electron chi connectivity index (χ2n) is 4.33. The molecule has 0 bridgehead atoms. The van der Waals surface area contributed by atoms with Gasteiger partial charge in [0.15, 0.2) is 0 Å². The first kappa shape index (κ1) is 12.6. The van der Waals surface area contributed by atoms with Crippen LogP contribution in [0.5, 0.6) is 0 Å². The first-order chi connectivity index (χ1) is 8.57. The van der Waals surface area contributed by atoms with Crippen molar-refractivity contribution >= 4 is 29.2 Å². The molecule has 1 heterocycles. The highest BCUT2D eigenvalue weighted by Gasteiger charge is 2.34. The van der Waals surface area contributed by atoms with E-state index in [9.17, 15) is 4.79 Å². The second kappa shape index (κ2) is 5.22. The number of thiocarbonyl (C=S) groups is 1. The Morgan fingerprint density at radius 2 is 2.28 bits per heavy atom. The Morgan fingerprint density at radius 3 is 2.89 bits per heavy atom. The Hall–Kier alpha value is -1.82. The second-order valence-corrected chi connectivity index (χ2v) is 4.70. The summed E-state index contributed by atoms with van der Waals surface area (Å²) in [6, 6.07) is 9.12. The van der Waals surface area contributed by atoms with Crippen molar-refractivity contribution in [1.29, 1.82) is 0 Å². The molecule has 1 aromatic carbocycles. The quantitative estimate of drug-likeness (QED) is 0.818. The molecule has 6 heteroatoms. The maximum absolute atomic E-state index is 11.6. The van der Waals surface area contributed by atoms with E-state index in [0.717, 1.165) is 0 Å². The largest absolute Gasteiger partial charge is 0.468 e. The molecule has 96 valence electrons. The van der Waals surface area contributed by atoms with E-state index in [-0.39, 0.29) is 6.61 Å². The minimum Gasteiger partial charge on any atom is -0.468 e. The molecule has 0 spiro atoms. The average Bonchev–Trinajstić information content (AvgIpc) is 2.69. The van der Waals surface area contributed by atoms with Crippen molar-refractivity contribution in [3.05, 3.63) is 30.3 Å². The van der Waals surface area contributed by atoms with E-state index in [2.05, 4.69) is 10.6 Å². The number of nitrogens with one attached hydrogen (secondary N) is 2. The minimum atomic E-state index is -0.498. The summed E-state index contributed by atoms with van der Waals surface area (Å²) >= 11 is 4.86. The molecule has 18 heavy (non-hydrogen) atoms. The standard InChI is InChI=1S/C12H14N2O3S/c1-12(8-17-11(18)14-12)7-16-10(15)13-9-5-3-2-4-6-9/h2-6H,7-8H2,1H3,(H,13,15)(H,14,18). The van der Waals surface area contributed by atoms with E-state index >= 15 is 0 Å². The van der Waals surface area contributed by atoms with Crippen LogP contribution >= 0.6 is 12.2 Å². The summed E-state index contributed by atoms with van der Waals surface area (Å²) in [6.45, 7) is 2.46. The van der Waals surface area contributed by atoms with Crippen molar-refractivity contribution in [2.24, 2.45) is 0 Å². The summed E-state index contributed by atoms with van der Waals surface area (Å²) in [5.74, 6) is 0. The summed E-state index contributed by atoms with van der Waals surface area (Å²) in [5.41, 5.74) is 0.240. The van der Waals surface area contributed by atoms with Gasteiger partial charge in [0.1, 0.15) is 18.8 Å². The van der Waals surface area contributed by atoms with Gasteiger partial charge in [-0.05, 0) is 31.3 Å². The number of rotatable bonds is 3. The van der Waals surface area contributed by atoms with Crippen LogP contribution in [0.3, 0.4) is 0 Å². The molecule has 1 atom stereocenters. The van der Waals surface area contributed by atoms with E-state index in [1.807, 2.05) is 25.1 Å². The van der Waals surface area contributed by atoms with Gasteiger partial charge in [0.2, 0.25) is 0 Å². The number of benzene rings is 1. The van der Waals surface area contributed by atoms with E-state index < -0.39 is 11.6 Å². The van der Waals surface area contributed by atoms with Crippen molar-refractivity contribution in [3.8, 4) is 0 Å². The molecule has 1 amide bonds. The molecule has 2 N–H and O–H groups in total. The highest BCUT2D eigenvalue weighted by molar-refractivity contribution is 7.80. The van der Waals surface area contributed by atoms with Gasteiger partial charge in [-0.1, -0.05) is 18.2 Å². The smallest absolute Gasteiger partial charge is 0.411 e. The van der Waals surface area contributed by atoms with Crippen LogP contribution in [0.25, 0.3) is 0 Å². The number of carbonyl (C=O) groups is 1. The fraction of sp³-hybridized carbons (Fsp3) is 0.333. The van der Waals surface area contributed by atoms with Crippen LogP contribution in [-0.2, 0) is 9.47 Å². The summed E-state index contributed by atoms with van der Waals surface area (Å²) in [5, 5.41) is 5.92. The summed E-state index contributed by atoms with van der Waals surface area (Å²) in [7, 11) is 0. The molecule has 1 fully saturated rings. The van der Waals surface area contributed by atoms with Crippen LogP contribution in [0.1, 0.15) is 6.92 Å². The molecule has 2 rings (SSSR count). The number of para-hydroxylation sites is 1. The lowest BCUT2D eigenvalue weighted by Crippen LogP contribution is -2.45. The first-order valence-electron chi connectivity index (χ1n) is 5.51. The van der Waals surface area contributed by atoms with Gasteiger partial charge in [-0.2, -0.15) is 0 Å². The zero-order chi connectivity index (χ0) is 13.0.